The molecule has 1 N–H and O–H groups in total. The summed E-state index contributed by atoms with van der Waals surface area (Å²) in [5.74, 6) is 0.262. The third-order valence-corrected chi connectivity index (χ3v) is 4.02. The van der Waals surface area contributed by atoms with Crippen LogP contribution in [0.5, 0.6) is 0 Å². The number of carbonyl (C=O) groups is 1. The molecule has 0 aromatic carbocycles. The molecule has 0 saturated carbocycles. The van der Waals surface area contributed by atoms with Crippen LogP contribution in [0, 0.1) is 0 Å². The fraction of sp³-hybridized carbons (Fsp3) is 0.308. The Morgan fingerprint density at radius 2 is 2.40 bits per heavy atom. The molecule has 0 aliphatic carbocycles. The van der Waals surface area contributed by atoms with Crippen molar-refractivity contribution < 1.29 is 9.63 Å². The molecule has 1 aliphatic heterocycles. The van der Waals surface area contributed by atoms with Crippen LogP contribution in [0.1, 0.15) is 18.2 Å². The second kappa shape index (κ2) is 4.75. The average Bonchev–Trinajstić information content (AvgIpc) is 3.10. The Morgan fingerprint density at radius 1 is 1.55 bits per heavy atom. The highest BCUT2D eigenvalue weighted by Gasteiger charge is 2.42. The second-order valence-electron chi connectivity index (χ2n) is 4.84. The molecule has 1 atom stereocenters. The Hall–Kier alpha value is -2.15. The molecule has 6 nitrogen and oxygen atoms in total. The van der Waals surface area contributed by atoms with Gasteiger partial charge in [0, 0.05) is 25.7 Å². The standard InChI is InChI=1S/C13H14N4O2S/c1-13(12(18)14-11-5-6-17(2)15-11)8-9(16-19-13)10-4-3-7-20-10/h3-7H,8H2,1-2H3,(H,14,15,18)/t13-/m0/s1. The zero-order valence-electron chi connectivity index (χ0n) is 11.2. The number of thiophene rings is 1. The van der Waals surface area contributed by atoms with Crippen molar-refractivity contribution in [2.24, 2.45) is 12.2 Å². The molecule has 1 amide bonds. The monoisotopic (exact) mass is 290 g/mol. The minimum Gasteiger partial charge on any atom is -0.379 e. The van der Waals surface area contributed by atoms with Crippen molar-refractivity contribution >= 4 is 28.8 Å². The minimum atomic E-state index is -0.989. The lowest BCUT2D eigenvalue weighted by molar-refractivity contribution is -0.135. The molecule has 0 spiro atoms. The maximum atomic E-state index is 12.3. The third-order valence-electron chi connectivity index (χ3n) is 3.10. The van der Waals surface area contributed by atoms with Crippen LogP contribution in [-0.4, -0.2) is 27.0 Å². The summed E-state index contributed by atoms with van der Waals surface area (Å²) in [6, 6.07) is 5.65. The molecule has 1 aliphatic rings. The Morgan fingerprint density at radius 3 is 3.05 bits per heavy atom. The van der Waals surface area contributed by atoms with E-state index in [0.29, 0.717) is 12.2 Å². The van der Waals surface area contributed by atoms with Crippen LogP contribution >= 0.6 is 11.3 Å². The molecular weight excluding hydrogens is 276 g/mol. The molecule has 0 fully saturated rings. The van der Waals surface area contributed by atoms with Crippen LogP contribution in [0.2, 0.25) is 0 Å². The predicted molar refractivity (Wildman–Crippen MR) is 76.8 cm³/mol. The van der Waals surface area contributed by atoms with Gasteiger partial charge in [0.15, 0.2) is 5.82 Å². The van der Waals surface area contributed by atoms with Crippen molar-refractivity contribution in [1.29, 1.82) is 0 Å². The summed E-state index contributed by atoms with van der Waals surface area (Å²) in [5.41, 5.74) is -0.185. The second-order valence-corrected chi connectivity index (χ2v) is 5.79. The number of anilines is 1. The molecule has 2 aromatic heterocycles. The Kier molecular flexibility index (Phi) is 3.06. The van der Waals surface area contributed by atoms with E-state index in [1.54, 1.807) is 42.3 Å². The molecule has 2 aromatic rings. The van der Waals surface area contributed by atoms with Crippen LogP contribution in [0.3, 0.4) is 0 Å². The number of hydrogen-bond acceptors (Lipinski definition) is 5. The number of nitrogens with zero attached hydrogens (tertiary/aromatic N) is 3. The van der Waals surface area contributed by atoms with E-state index in [1.807, 2.05) is 17.5 Å². The number of nitrogens with one attached hydrogen (secondary N) is 1. The van der Waals surface area contributed by atoms with Gasteiger partial charge < -0.3 is 10.2 Å². The molecule has 104 valence electrons. The summed E-state index contributed by atoms with van der Waals surface area (Å²) >= 11 is 1.58. The van der Waals surface area contributed by atoms with Crippen molar-refractivity contribution in [2.45, 2.75) is 18.9 Å². The van der Waals surface area contributed by atoms with Gasteiger partial charge in [-0.2, -0.15) is 5.10 Å². The highest BCUT2D eigenvalue weighted by Crippen LogP contribution is 2.29. The maximum Gasteiger partial charge on any atom is 0.272 e. The summed E-state index contributed by atoms with van der Waals surface area (Å²) in [6.07, 6.45) is 2.22. The zero-order valence-corrected chi connectivity index (χ0v) is 12.0. The molecule has 3 heterocycles. The molecule has 7 heteroatoms. The Bertz CT molecular complexity index is 662. The van der Waals surface area contributed by atoms with Crippen molar-refractivity contribution in [3.8, 4) is 0 Å². The van der Waals surface area contributed by atoms with Gasteiger partial charge in [0.1, 0.15) is 5.71 Å². The maximum absolute atomic E-state index is 12.3. The first-order valence-corrected chi connectivity index (χ1v) is 7.05. The minimum absolute atomic E-state index is 0.244. The van der Waals surface area contributed by atoms with Crippen molar-refractivity contribution in [1.82, 2.24) is 9.78 Å². The third kappa shape index (κ3) is 2.32. The van der Waals surface area contributed by atoms with E-state index >= 15 is 0 Å². The quantitative estimate of drug-likeness (QED) is 0.940. The molecule has 20 heavy (non-hydrogen) atoms. The molecular formula is C13H14N4O2S. The van der Waals surface area contributed by atoms with Gasteiger partial charge in [0.2, 0.25) is 5.60 Å². The lowest BCUT2D eigenvalue weighted by atomic mass is 9.98. The number of aryl methyl sites for hydroxylation is 1. The summed E-state index contributed by atoms with van der Waals surface area (Å²) in [5, 5.41) is 12.9. The normalized spacial score (nSPS) is 21.4. The topological polar surface area (TPSA) is 68.5 Å². The van der Waals surface area contributed by atoms with E-state index < -0.39 is 5.60 Å². The van der Waals surface area contributed by atoms with Crippen LogP contribution in [0.15, 0.2) is 34.9 Å². The zero-order chi connectivity index (χ0) is 14.2. The highest BCUT2D eigenvalue weighted by atomic mass is 32.1. The molecule has 3 rings (SSSR count). The summed E-state index contributed by atoms with van der Waals surface area (Å²) in [4.78, 5) is 18.7. The first kappa shape index (κ1) is 12.9. The Balaban J connectivity index is 1.70. The predicted octanol–water partition coefficient (Wildman–Crippen LogP) is 2.00. The lowest BCUT2D eigenvalue weighted by Crippen LogP contribution is -2.40. The van der Waals surface area contributed by atoms with E-state index in [2.05, 4.69) is 15.6 Å². The number of carbonyl (C=O) groups excluding carboxylic acids is 1. The van der Waals surface area contributed by atoms with Crippen molar-refractivity contribution in [2.75, 3.05) is 5.32 Å². The van der Waals surface area contributed by atoms with Crippen molar-refractivity contribution in [3.05, 3.63) is 34.7 Å². The Labute approximate surface area is 120 Å². The molecule has 0 bridgehead atoms. The number of aromatic nitrogens is 2. The average molecular weight is 290 g/mol. The smallest absolute Gasteiger partial charge is 0.272 e. The summed E-state index contributed by atoms with van der Waals surface area (Å²) < 4.78 is 1.63. The number of hydrogen-bond donors (Lipinski definition) is 1. The fourth-order valence-electron chi connectivity index (χ4n) is 1.97. The van der Waals surface area contributed by atoms with Gasteiger partial charge in [-0.15, -0.1) is 11.3 Å². The van der Waals surface area contributed by atoms with Gasteiger partial charge >= 0.3 is 0 Å². The largest absolute Gasteiger partial charge is 0.379 e. The highest BCUT2D eigenvalue weighted by molar-refractivity contribution is 7.12. The number of amides is 1. The van der Waals surface area contributed by atoms with Gasteiger partial charge in [0.05, 0.1) is 4.88 Å². The SMILES string of the molecule is Cn1ccc(NC(=O)[C@]2(C)CC(c3cccs3)=NO2)n1. The van der Waals surface area contributed by atoms with E-state index in [-0.39, 0.29) is 5.91 Å². The van der Waals surface area contributed by atoms with E-state index in [1.165, 1.54) is 0 Å². The van der Waals surface area contributed by atoms with Gasteiger partial charge in [-0.3, -0.25) is 9.48 Å². The van der Waals surface area contributed by atoms with E-state index in [0.717, 1.165) is 10.6 Å². The van der Waals surface area contributed by atoms with Crippen LogP contribution < -0.4 is 5.32 Å². The van der Waals surface area contributed by atoms with Crippen molar-refractivity contribution in [3.63, 3.8) is 0 Å². The fourth-order valence-corrected chi connectivity index (χ4v) is 2.67. The van der Waals surface area contributed by atoms with Gasteiger partial charge in [-0.05, 0) is 18.4 Å². The molecule has 0 saturated heterocycles. The molecule has 0 unspecified atom stereocenters. The summed E-state index contributed by atoms with van der Waals surface area (Å²) in [7, 11) is 1.79. The van der Waals surface area contributed by atoms with Gasteiger partial charge in [-0.25, -0.2) is 0 Å². The number of rotatable bonds is 3. The first-order chi connectivity index (χ1) is 9.57. The van der Waals surface area contributed by atoms with Gasteiger partial charge in [0.25, 0.3) is 5.91 Å². The first-order valence-electron chi connectivity index (χ1n) is 6.17. The lowest BCUT2D eigenvalue weighted by Gasteiger charge is -2.19. The summed E-state index contributed by atoms with van der Waals surface area (Å²) in [6.45, 7) is 1.73. The van der Waals surface area contributed by atoms with Crippen LogP contribution in [-0.2, 0) is 16.7 Å². The van der Waals surface area contributed by atoms with E-state index in [9.17, 15) is 4.79 Å². The van der Waals surface area contributed by atoms with E-state index in [4.69, 9.17) is 4.84 Å². The number of oxime groups is 1. The van der Waals surface area contributed by atoms with Crippen LogP contribution in [0.25, 0.3) is 0 Å². The van der Waals surface area contributed by atoms with Crippen LogP contribution in [0.4, 0.5) is 5.82 Å². The molecule has 0 radical (unpaired) electrons. The van der Waals surface area contributed by atoms with Gasteiger partial charge in [-0.1, -0.05) is 11.2 Å².